The van der Waals surface area contributed by atoms with Gasteiger partial charge in [-0.25, -0.2) is 0 Å². The molecule has 1 aliphatic rings. The number of ether oxygens (including phenoxy) is 1. The van der Waals surface area contributed by atoms with Crippen LogP contribution in [0.1, 0.15) is 16.8 Å². The molecule has 0 saturated heterocycles. The summed E-state index contributed by atoms with van der Waals surface area (Å²) in [5.41, 5.74) is 0.652. The zero-order valence-electron chi connectivity index (χ0n) is 10.1. The van der Waals surface area contributed by atoms with Gasteiger partial charge in [0.2, 0.25) is 0 Å². The van der Waals surface area contributed by atoms with Crippen molar-refractivity contribution in [1.29, 1.82) is 0 Å². The molecule has 1 heterocycles. The molecule has 0 saturated carbocycles. The van der Waals surface area contributed by atoms with Gasteiger partial charge in [-0.05, 0) is 38.7 Å². The summed E-state index contributed by atoms with van der Waals surface area (Å²) >= 11 is 5.90. The molecule has 0 aromatic heterocycles. The number of Topliss-reactive ketones (excluding diaryl/α,β-unsaturated/α-hetero) is 1. The SMILES string of the molecule is CN(C)C[C@@H]1CCOc2cc(Cl)ccc2C1=O. The predicted octanol–water partition coefficient (Wildman–Crippen LogP) is 2.48. The van der Waals surface area contributed by atoms with Crippen molar-refractivity contribution in [3.8, 4) is 5.75 Å². The van der Waals surface area contributed by atoms with E-state index in [2.05, 4.69) is 0 Å². The number of benzene rings is 1. The first kappa shape index (κ1) is 12.4. The average molecular weight is 254 g/mol. The molecule has 0 unspecified atom stereocenters. The molecule has 1 aromatic carbocycles. The highest BCUT2D eigenvalue weighted by Crippen LogP contribution is 2.29. The van der Waals surface area contributed by atoms with E-state index >= 15 is 0 Å². The fourth-order valence-corrected chi connectivity index (χ4v) is 2.26. The highest BCUT2D eigenvalue weighted by molar-refractivity contribution is 6.30. The van der Waals surface area contributed by atoms with Crippen LogP contribution in [0.2, 0.25) is 5.02 Å². The van der Waals surface area contributed by atoms with Crippen LogP contribution in [-0.2, 0) is 0 Å². The van der Waals surface area contributed by atoms with Crippen molar-refractivity contribution in [3.05, 3.63) is 28.8 Å². The summed E-state index contributed by atoms with van der Waals surface area (Å²) < 4.78 is 5.59. The number of carbonyl (C=O) groups is 1. The molecule has 17 heavy (non-hydrogen) atoms. The highest BCUT2D eigenvalue weighted by Gasteiger charge is 2.26. The first-order valence-electron chi connectivity index (χ1n) is 5.69. The van der Waals surface area contributed by atoms with Crippen LogP contribution in [0.4, 0.5) is 0 Å². The largest absolute Gasteiger partial charge is 0.493 e. The fraction of sp³-hybridized carbons (Fsp3) is 0.462. The number of hydrogen-bond donors (Lipinski definition) is 0. The number of fused-ring (bicyclic) bond motifs is 1. The Morgan fingerprint density at radius 2 is 2.24 bits per heavy atom. The fourth-order valence-electron chi connectivity index (χ4n) is 2.10. The zero-order valence-corrected chi connectivity index (χ0v) is 10.8. The van der Waals surface area contributed by atoms with Crippen molar-refractivity contribution in [2.75, 3.05) is 27.2 Å². The Morgan fingerprint density at radius 3 is 2.94 bits per heavy atom. The van der Waals surface area contributed by atoms with E-state index in [0.717, 1.165) is 13.0 Å². The lowest BCUT2D eigenvalue weighted by atomic mass is 9.95. The van der Waals surface area contributed by atoms with Crippen LogP contribution in [0.5, 0.6) is 5.75 Å². The number of rotatable bonds is 2. The molecule has 0 amide bonds. The predicted molar refractivity (Wildman–Crippen MR) is 67.9 cm³/mol. The number of ketones is 1. The van der Waals surface area contributed by atoms with Gasteiger partial charge in [0.1, 0.15) is 5.75 Å². The van der Waals surface area contributed by atoms with E-state index in [9.17, 15) is 4.79 Å². The maximum atomic E-state index is 12.3. The second-order valence-corrected chi connectivity index (χ2v) is 5.04. The molecule has 0 N–H and O–H groups in total. The van der Waals surface area contributed by atoms with Gasteiger partial charge in [-0.15, -0.1) is 0 Å². The van der Waals surface area contributed by atoms with Crippen molar-refractivity contribution in [2.24, 2.45) is 5.92 Å². The summed E-state index contributed by atoms with van der Waals surface area (Å²) in [5, 5.41) is 0.600. The first-order chi connectivity index (χ1) is 8.08. The van der Waals surface area contributed by atoms with Crippen LogP contribution in [0.3, 0.4) is 0 Å². The standard InChI is InChI=1S/C13H16ClNO2/c1-15(2)8-9-5-6-17-12-7-10(14)3-4-11(12)13(9)16/h3-4,7,9H,5-6,8H2,1-2H3/t9-/m0/s1. The van der Waals surface area contributed by atoms with Crippen molar-refractivity contribution < 1.29 is 9.53 Å². The number of halogens is 1. The third kappa shape index (κ3) is 2.79. The number of nitrogens with zero attached hydrogens (tertiary/aromatic N) is 1. The van der Waals surface area contributed by atoms with Crippen molar-refractivity contribution in [1.82, 2.24) is 4.90 Å². The Balaban J connectivity index is 2.30. The van der Waals surface area contributed by atoms with E-state index in [1.165, 1.54) is 0 Å². The van der Waals surface area contributed by atoms with Gasteiger partial charge < -0.3 is 9.64 Å². The van der Waals surface area contributed by atoms with E-state index in [1.807, 2.05) is 19.0 Å². The Kier molecular flexibility index (Phi) is 3.69. The van der Waals surface area contributed by atoms with Crippen molar-refractivity contribution in [3.63, 3.8) is 0 Å². The third-order valence-corrected chi connectivity index (χ3v) is 3.12. The molecule has 2 rings (SSSR count). The minimum atomic E-state index is 0.00688. The van der Waals surface area contributed by atoms with Crippen molar-refractivity contribution >= 4 is 17.4 Å². The van der Waals surface area contributed by atoms with E-state index in [1.54, 1.807) is 18.2 Å². The van der Waals surface area contributed by atoms with Gasteiger partial charge in [0, 0.05) is 17.5 Å². The lowest BCUT2D eigenvalue weighted by molar-refractivity contribution is 0.0891. The summed E-state index contributed by atoms with van der Waals surface area (Å²) in [7, 11) is 3.95. The van der Waals surface area contributed by atoms with E-state index in [-0.39, 0.29) is 11.7 Å². The lowest BCUT2D eigenvalue weighted by Crippen LogP contribution is -2.27. The minimum Gasteiger partial charge on any atom is -0.493 e. The van der Waals surface area contributed by atoms with Gasteiger partial charge in [0.15, 0.2) is 5.78 Å². The molecule has 92 valence electrons. The Bertz CT molecular complexity index is 431. The summed E-state index contributed by atoms with van der Waals surface area (Å²) in [6.07, 6.45) is 0.753. The Hall–Kier alpha value is -1.06. The second kappa shape index (κ2) is 5.07. The van der Waals surface area contributed by atoms with E-state index < -0.39 is 0 Å². The average Bonchev–Trinajstić information content (AvgIpc) is 2.39. The monoisotopic (exact) mass is 253 g/mol. The molecule has 1 aliphatic heterocycles. The summed E-state index contributed by atoms with van der Waals surface area (Å²) in [6, 6.07) is 5.21. The van der Waals surface area contributed by atoms with Gasteiger partial charge in [-0.3, -0.25) is 4.79 Å². The summed E-state index contributed by atoms with van der Waals surface area (Å²) in [4.78, 5) is 14.4. The van der Waals surface area contributed by atoms with Gasteiger partial charge in [0.05, 0.1) is 12.2 Å². The van der Waals surface area contributed by atoms with Crippen LogP contribution in [-0.4, -0.2) is 37.9 Å². The summed E-state index contributed by atoms with van der Waals surface area (Å²) in [5.74, 6) is 0.777. The quantitative estimate of drug-likeness (QED) is 0.811. The molecule has 4 heteroatoms. The van der Waals surface area contributed by atoms with Gasteiger partial charge in [-0.2, -0.15) is 0 Å². The van der Waals surface area contributed by atoms with Gasteiger partial charge in [-0.1, -0.05) is 11.6 Å². The second-order valence-electron chi connectivity index (χ2n) is 4.60. The maximum Gasteiger partial charge on any atom is 0.171 e. The zero-order chi connectivity index (χ0) is 12.4. The molecule has 1 atom stereocenters. The van der Waals surface area contributed by atoms with Crippen LogP contribution < -0.4 is 4.74 Å². The number of carbonyl (C=O) groups excluding carboxylic acids is 1. The molecular weight excluding hydrogens is 238 g/mol. The van der Waals surface area contributed by atoms with Crippen LogP contribution in [0.25, 0.3) is 0 Å². The normalized spacial score (nSPS) is 19.8. The third-order valence-electron chi connectivity index (χ3n) is 2.89. The molecular formula is C13H16ClNO2. The molecule has 0 bridgehead atoms. The molecule has 0 fully saturated rings. The Labute approximate surface area is 106 Å². The van der Waals surface area contributed by atoms with Gasteiger partial charge in [0.25, 0.3) is 0 Å². The van der Waals surface area contributed by atoms with Crippen LogP contribution >= 0.6 is 11.6 Å². The van der Waals surface area contributed by atoms with Gasteiger partial charge >= 0.3 is 0 Å². The van der Waals surface area contributed by atoms with Crippen LogP contribution in [0, 0.1) is 5.92 Å². The number of hydrogen-bond acceptors (Lipinski definition) is 3. The molecule has 0 radical (unpaired) electrons. The maximum absolute atomic E-state index is 12.3. The van der Waals surface area contributed by atoms with E-state index in [4.69, 9.17) is 16.3 Å². The molecule has 3 nitrogen and oxygen atoms in total. The smallest absolute Gasteiger partial charge is 0.171 e. The van der Waals surface area contributed by atoms with Crippen LogP contribution in [0.15, 0.2) is 18.2 Å². The molecule has 1 aromatic rings. The Morgan fingerprint density at radius 1 is 1.47 bits per heavy atom. The molecule has 0 aliphatic carbocycles. The summed E-state index contributed by atoms with van der Waals surface area (Å²) in [6.45, 7) is 1.32. The highest BCUT2D eigenvalue weighted by atomic mass is 35.5. The lowest BCUT2D eigenvalue weighted by Gasteiger charge is -2.17. The van der Waals surface area contributed by atoms with E-state index in [0.29, 0.717) is 22.9 Å². The van der Waals surface area contributed by atoms with Crippen molar-refractivity contribution in [2.45, 2.75) is 6.42 Å². The molecule has 0 spiro atoms. The minimum absolute atomic E-state index is 0.00688. The first-order valence-corrected chi connectivity index (χ1v) is 6.07. The topological polar surface area (TPSA) is 29.5 Å².